The standard InChI is InChI=1S/C25H21ClFNO4S/c26-21-11-5-6-15(23(21)27)13-33-14-22(24(29)30)28-25(31)32-12-20-18-9-3-1-7-16(18)17-8-2-4-10-19(17)20/h1-11,20,22H,12-14H2,(H,28,31)(H,29,30). The highest BCUT2D eigenvalue weighted by Crippen LogP contribution is 2.44. The first-order valence-electron chi connectivity index (χ1n) is 10.3. The Morgan fingerprint density at radius 3 is 2.30 bits per heavy atom. The quantitative estimate of drug-likeness (QED) is 0.428. The first-order chi connectivity index (χ1) is 16.0. The average molecular weight is 486 g/mol. The van der Waals surface area contributed by atoms with Crippen molar-refractivity contribution in [2.24, 2.45) is 0 Å². The van der Waals surface area contributed by atoms with Crippen LogP contribution >= 0.6 is 23.4 Å². The molecule has 0 spiro atoms. The number of carbonyl (C=O) groups excluding carboxylic acids is 1. The fourth-order valence-electron chi connectivity index (χ4n) is 3.90. The number of hydrogen-bond acceptors (Lipinski definition) is 4. The minimum Gasteiger partial charge on any atom is -0.480 e. The summed E-state index contributed by atoms with van der Waals surface area (Å²) in [6.07, 6.45) is -0.807. The first kappa shape index (κ1) is 23.1. The monoisotopic (exact) mass is 485 g/mol. The molecule has 1 unspecified atom stereocenters. The highest BCUT2D eigenvalue weighted by atomic mass is 35.5. The summed E-state index contributed by atoms with van der Waals surface area (Å²) in [7, 11) is 0. The van der Waals surface area contributed by atoms with Crippen molar-refractivity contribution in [2.45, 2.75) is 17.7 Å². The zero-order valence-corrected chi connectivity index (χ0v) is 19.0. The normalized spacial score (nSPS) is 13.2. The molecule has 0 aliphatic heterocycles. The molecule has 0 heterocycles. The van der Waals surface area contributed by atoms with E-state index in [0.29, 0.717) is 5.56 Å². The number of halogens is 2. The van der Waals surface area contributed by atoms with E-state index in [9.17, 15) is 19.1 Å². The van der Waals surface area contributed by atoms with Crippen LogP contribution in [0.4, 0.5) is 9.18 Å². The summed E-state index contributed by atoms with van der Waals surface area (Å²) in [6, 6.07) is 19.4. The molecule has 4 rings (SSSR count). The van der Waals surface area contributed by atoms with Gasteiger partial charge in [-0.3, -0.25) is 0 Å². The molecule has 1 aliphatic carbocycles. The summed E-state index contributed by atoms with van der Waals surface area (Å²) in [5, 5.41) is 11.9. The van der Waals surface area contributed by atoms with Crippen LogP contribution in [0.2, 0.25) is 5.02 Å². The molecule has 5 nitrogen and oxygen atoms in total. The van der Waals surface area contributed by atoms with Crippen LogP contribution in [-0.4, -0.2) is 35.6 Å². The van der Waals surface area contributed by atoms with Gasteiger partial charge in [-0.25, -0.2) is 14.0 Å². The topological polar surface area (TPSA) is 75.6 Å². The summed E-state index contributed by atoms with van der Waals surface area (Å²) in [5.41, 5.74) is 4.73. The Morgan fingerprint density at radius 2 is 1.67 bits per heavy atom. The van der Waals surface area contributed by atoms with Crippen LogP contribution in [0.1, 0.15) is 22.6 Å². The molecule has 8 heteroatoms. The number of ether oxygens (including phenoxy) is 1. The van der Waals surface area contributed by atoms with Crippen molar-refractivity contribution in [2.75, 3.05) is 12.4 Å². The Balaban J connectivity index is 1.34. The molecule has 170 valence electrons. The Bertz CT molecular complexity index is 1140. The molecule has 1 aliphatic rings. The average Bonchev–Trinajstić information content (AvgIpc) is 3.13. The van der Waals surface area contributed by atoms with Crippen molar-refractivity contribution in [3.63, 3.8) is 0 Å². The van der Waals surface area contributed by atoms with Crippen molar-refractivity contribution in [3.8, 4) is 11.1 Å². The maximum atomic E-state index is 14.0. The highest BCUT2D eigenvalue weighted by molar-refractivity contribution is 7.98. The summed E-state index contributed by atoms with van der Waals surface area (Å²) in [5.74, 6) is -1.56. The van der Waals surface area contributed by atoms with Gasteiger partial charge in [0.1, 0.15) is 18.5 Å². The SMILES string of the molecule is O=C(NC(CSCc1cccc(Cl)c1F)C(=O)O)OCC1c2ccccc2-c2ccccc21. The van der Waals surface area contributed by atoms with Crippen LogP contribution in [-0.2, 0) is 15.3 Å². The number of alkyl carbamates (subject to hydrolysis) is 1. The van der Waals surface area contributed by atoms with E-state index in [1.54, 1.807) is 12.1 Å². The van der Waals surface area contributed by atoms with Crippen molar-refractivity contribution >= 4 is 35.4 Å². The number of fused-ring (bicyclic) bond motifs is 3. The molecule has 33 heavy (non-hydrogen) atoms. The van der Waals surface area contributed by atoms with E-state index in [-0.39, 0.29) is 29.1 Å². The fraction of sp³-hybridized carbons (Fsp3) is 0.200. The number of carbonyl (C=O) groups is 2. The number of amides is 1. The Morgan fingerprint density at radius 1 is 1.03 bits per heavy atom. The predicted octanol–water partition coefficient (Wildman–Crippen LogP) is 5.70. The lowest BCUT2D eigenvalue weighted by Gasteiger charge is -2.17. The van der Waals surface area contributed by atoms with Gasteiger partial charge in [0.25, 0.3) is 0 Å². The van der Waals surface area contributed by atoms with Gasteiger partial charge in [-0.1, -0.05) is 72.3 Å². The number of aliphatic carboxylic acids is 1. The van der Waals surface area contributed by atoms with Crippen LogP contribution in [0.3, 0.4) is 0 Å². The molecule has 0 saturated heterocycles. The van der Waals surface area contributed by atoms with Gasteiger partial charge in [-0.2, -0.15) is 11.8 Å². The van der Waals surface area contributed by atoms with Gasteiger partial charge in [-0.05, 0) is 33.9 Å². The predicted molar refractivity (Wildman–Crippen MR) is 127 cm³/mol. The molecule has 1 amide bonds. The van der Waals surface area contributed by atoms with Crippen LogP contribution < -0.4 is 5.32 Å². The van der Waals surface area contributed by atoms with Crippen molar-refractivity contribution in [1.82, 2.24) is 5.32 Å². The van der Waals surface area contributed by atoms with E-state index < -0.39 is 23.9 Å². The van der Waals surface area contributed by atoms with Gasteiger partial charge in [0.2, 0.25) is 0 Å². The molecule has 3 aromatic carbocycles. The third-order valence-corrected chi connectivity index (χ3v) is 6.88. The number of hydrogen-bond donors (Lipinski definition) is 2. The first-order valence-corrected chi connectivity index (χ1v) is 11.8. The lowest BCUT2D eigenvalue weighted by Crippen LogP contribution is -2.43. The largest absolute Gasteiger partial charge is 0.480 e. The number of carboxylic acid groups (broad SMARTS) is 1. The molecular weight excluding hydrogens is 465 g/mol. The molecular formula is C25H21ClFNO4S. The van der Waals surface area contributed by atoms with E-state index in [1.807, 2.05) is 48.5 Å². The van der Waals surface area contributed by atoms with Crippen molar-refractivity contribution < 1.29 is 23.8 Å². The van der Waals surface area contributed by atoms with Crippen LogP contribution in [0.25, 0.3) is 11.1 Å². The second kappa shape index (κ2) is 10.3. The van der Waals surface area contributed by atoms with Gasteiger partial charge in [-0.15, -0.1) is 0 Å². The molecule has 2 N–H and O–H groups in total. The smallest absolute Gasteiger partial charge is 0.407 e. The van der Waals surface area contributed by atoms with Crippen molar-refractivity contribution in [3.05, 3.63) is 94.3 Å². The Kier molecular flexibility index (Phi) is 7.20. The van der Waals surface area contributed by atoms with E-state index in [2.05, 4.69) is 5.32 Å². The second-order valence-corrected chi connectivity index (χ2v) is 9.03. The Labute approximate surface area is 199 Å². The number of benzene rings is 3. The minimum atomic E-state index is -1.19. The lowest BCUT2D eigenvalue weighted by atomic mass is 9.98. The second-order valence-electron chi connectivity index (χ2n) is 7.59. The summed E-state index contributed by atoms with van der Waals surface area (Å²) < 4.78 is 19.4. The van der Waals surface area contributed by atoms with E-state index in [1.165, 1.54) is 17.8 Å². The summed E-state index contributed by atoms with van der Waals surface area (Å²) >= 11 is 6.96. The van der Waals surface area contributed by atoms with E-state index in [4.69, 9.17) is 16.3 Å². The molecule has 1 atom stereocenters. The van der Waals surface area contributed by atoms with Crippen LogP contribution in [0.15, 0.2) is 66.7 Å². The third-order valence-electron chi connectivity index (χ3n) is 5.51. The third kappa shape index (κ3) is 5.15. The summed E-state index contributed by atoms with van der Waals surface area (Å²) in [4.78, 5) is 24.0. The van der Waals surface area contributed by atoms with Gasteiger partial charge < -0.3 is 15.2 Å². The zero-order valence-electron chi connectivity index (χ0n) is 17.5. The molecule has 0 bridgehead atoms. The van der Waals surface area contributed by atoms with Gasteiger partial charge in [0.15, 0.2) is 0 Å². The molecule has 0 radical (unpaired) electrons. The fourth-order valence-corrected chi connectivity index (χ4v) is 5.12. The zero-order chi connectivity index (χ0) is 23.4. The molecule has 0 aromatic heterocycles. The number of nitrogens with one attached hydrogen (secondary N) is 1. The van der Waals surface area contributed by atoms with Gasteiger partial charge in [0, 0.05) is 17.4 Å². The lowest BCUT2D eigenvalue weighted by molar-refractivity contribution is -0.138. The van der Waals surface area contributed by atoms with Crippen LogP contribution in [0.5, 0.6) is 0 Å². The van der Waals surface area contributed by atoms with Crippen molar-refractivity contribution in [1.29, 1.82) is 0 Å². The molecule has 0 saturated carbocycles. The number of rotatable bonds is 8. The number of thioether (sulfide) groups is 1. The van der Waals surface area contributed by atoms with E-state index >= 15 is 0 Å². The maximum Gasteiger partial charge on any atom is 0.407 e. The number of carboxylic acids is 1. The molecule has 0 fully saturated rings. The molecule has 3 aromatic rings. The minimum absolute atomic E-state index is 0.0136. The van der Waals surface area contributed by atoms with Gasteiger partial charge in [0.05, 0.1) is 5.02 Å². The maximum absolute atomic E-state index is 14.0. The van der Waals surface area contributed by atoms with Crippen LogP contribution in [0, 0.1) is 5.82 Å². The van der Waals surface area contributed by atoms with Gasteiger partial charge >= 0.3 is 12.1 Å². The highest BCUT2D eigenvalue weighted by Gasteiger charge is 2.29. The summed E-state index contributed by atoms with van der Waals surface area (Å²) in [6.45, 7) is 0.0903. The van der Waals surface area contributed by atoms with E-state index in [0.717, 1.165) is 22.3 Å². The Hall–Kier alpha value is -3.03.